The van der Waals surface area contributed by atoms with Gasteiger partial charge in [-0.15, -0.1) is 0 Å². The number of aryl methyl sites for hydroxylation is 1. The fourth-order valence-electron chi connectivity index (χ4n) is 2.18. The summed E-state index contributed by atoms with van der Waals surface area (Å²) in [5.41, 5.74) is 1.95. The van der Waals surface area contributed by atoms with E-state index >= 15 is 0 Å². The first-order valence-corrected chi connectivity index (χ1v) is 6.68. The van der Waals surface area contributed by atoms with E-state index in [9.17, 15) is 10.1 Å². The topological polar surface area (TPSA) is 46.4 Å². The second kappa shape index (κ2) is 6.99. The van der Waals surface area contributed by atoms with Gasteiger partial charge in [0.25, 0.3) is 5.69 Å². The fraction of sp³-hybridized carbons (Fsp3) is 0.571. The van der Waals surface area contributed by atoms with Crippen LogP contribution >= 0.6 is 0 Å². The third-order valence-electron chi connectivity index (χ3n) is 3.02. The van der Waals surface area contributed by atoms with Crippen molar-refractivity contribution in [3.05, 3.63) is 33.9 Å². The number of nitrogens with zero attached hydrogens (tertiary/aromatic N) is 2. The standard InChI is InChI=1S/C12H16N2O2.C2H6/c1-10-5-6-11(12(9-10)14(15)16)13-7-3-2-4-8-13;1-2/h5-6,9H,2-4,7-8H2,1H3;1-2H3. The van der Waals surface area contributed by atoms with Crippen LogP contribution in [0, 0.1) is 17.0 Å². The molecule has 0 aromatic heterocycles. The van der Waals surface area contributed by atoms with E-state index in [0.717, 1.165) is 37.2 Å². The van der Waals surface area contributed by atoms with Crippen molar-refractivity contribution >= 4 is 11.4 Å². The van der Waals surface area contributed by atoms with Crippen molar-refractivity contribution in [3.63, 3.8) is 0 Å². The summed E-state index contributed by atoms with van der Waals surface area (Å²) in [5, 5.41) is 11.0. The van der Waals surface area contributed by atoms with Crippen LogP contribution in [0.25, 0.3) is 0 Å². The van der Waals surface area contributed by atoms with Gasteiger partial charge in [0.1, 0.15) is 5.69 Å². The van der Waals surface area contributed by atoms with Crippen molar-refractivity contribution < 1.29 is 4.92 Å². The van der Waals surface area contributed by atoms with Crippen LogP contribution < -0.4 is 4.90 Å². The van der Waals surface area contributed by atoms with E-state index in [4.69, 9.17) is 0 Å². The van der Waals surface area contributed by atoms with Gasteiger partial charge in [-0.2, -0.15) is 0 Å². The maximum Gasteiger partial charge on any atom is 0.292 e. The van der Waals surface area contributed by atoms with E-state index in [0.29, 0.717) is 0 Å². The van der Waals surface area contributed by atoms with E-state index in [2.05, 4.69) is 4.90 Å². The molecular weight excluding hydrogens is 228 g/mol. The molecule has 0 saturated carbocycles. The molecule has 0 spiro atoms. The van der Waals surface area contributed by atoms with Crippen LogP contribution in [0.5, 0.6) is 0 Å². The molecule has 1 fully saturated rings. The molecule has 0 radical (unpaired) electrons. The van der Waals surface area contributed by atoms with Crippen LogP contribution in [-0.2, 0) is 0 Å². The highest BCUT2D eigenvalue weighted by molar-refractivity contribution is 5.64. The highest BCUT2D eigenvalue weighted by Crippen LogP contribution is 2.30. The van der Waals surface area contributed by atoms with Crippen molar-refractivity contribution in [1.29, 1.82) is 0 Å². The largest absolute Gasteiger partial charge is 0.366 e. The maximum atomic E-state index is 11.0. The number of benzene rings is 1. The molecule has 4 nitrogen and oxygen atoms in total. The third kappa shape index (κ3) is 3.45. The number of anilines is 1. The Morgan fingerprint density at radius 2 is 1.78 bits per heavy atom. The summed E-state index contributed by atoms with van der Waals surface area (Å²) in [5.74, 6) is 0. The molecule has 18 heavy (non-hydrogen) atoms. The van der Waals surface area contributed by atoms with E-state index in [1.807, 2.05) is 32.9 Å². The van der Waals surface area contributed by atoms with Gasteiger partial charge in [-0.1, -0.05) is 19.9 Å². The zero-order valence-electron chi connectivity index (χ0n) is 11.5. The Morgan fingerprint density at radius 3 is 2.33 bits per heavy atom. The molecule has 1 aliphatic rings. The Balaban J connectivity index is 0.000000771. The lowest BCUT2D eigenvalue weighted by Gasteiger charge is -2.28. The quantitative estimate of drug-likeness (QED) is 0.590. The minimum atomic E-state index is -0.281. The summed E-state index contributed by atoms with van der Waals surface area (Å²) in [6, 6.07) is 5.47. The summed E-state index contributed by atoms with van der Waals surface area (Å²) in [7, 11) is 0. The average Bonchev–Trinajstić information content (AvgIpc) is 2.42. The van der Waals surface area contributed by atoms with Crippen LogP contribution in [0.2, 0.25) is 0 Å². The molecular formula is C14H22N2O2. The predicted molar refractivity (Wildman–Crippen MR) is 75.2 cm³/mol. The van der Waals surface area contributed by atoms with Gasteiger partial charge >= 0.3 is 0 Å². The fourth-order valence-corrected chi connectivity index (χ4v) is 2.18. The van der Waals surface area contributed by atoms with Gasteiger partial charge in [0, 0.05) is 19.2 Å². The zero-order chi connectivity index (χ0) is 13.5. The Morgan fingerprint density at radius 1 is 1.17 bits per heavy atom. The highest BCUT2D eigenvalue weighted by Gasteiger charge is 2.20. The Hall–Kier alpha value is -1.58. The van der Waals surface area contributed by atoms with Crippen LogP contribution in [0.15, 0.2) is 18.2 Å². The number of nitro benzene ring substituents is 1. The van der Waals surface area contributed by atoms with Gasteiger partial charge in [0.05, 0.1) is 4.92 Å². The first-order chi connectivity index (χ1) is 8.68. The van der Waals surface area contributed by atoms with Gasteiger partial charge in [0.2, 0.25) is 0 Å². The van der Waals surface area contributed by atoms with Crippen LogP contribution in [0.3, 0.4) is 0 Å². The predicted octanol–water partition coefficient (Wildman–Crippen LogP) is 3.92. The van der Waals surface area contributed by atoms with E-state index in [-0.39, 0.29) is 10.6 Å². The van der Waals surface area contributed by atoms with Crippen LogP contribution in [0.4, 0.5) is 11.4 Å². The van der Waals surface area contributed by atoms with Gasteiger partial charge in [-0.3, -0.25) is 10.1 Å². The third-order valence-corrected chi connectivity index (χ3v) is 3.02. The SMILES string of the molecule is CC.Cc1ccc(N2CCCCC2)c([N+](=O)[O-])c1. The lowest BCUT2D eigenvalue weighted by Crippen LogP contribution is -2.29. The van der Waals surface area contributed by atoms with Gasteiger partial charge in [0.15, 0.2) is 0 Å². The zero-order valence-corrected chi connectivity index (χ0v) is 11.5. The second-order valence-corrected chi connectivity index (χ2v) is 4.30. The Kier molecular flexibility index (Phi) is 5.62. The average molecular weight is 250 g/mol. The molecule has 1 aliphatic heterocycles. The monoisotopic (exact) mass is 250 g/mol. The van der Waals surface area contributed by atoms with E-state index < -0.39 is 0 Å². The Labute approximate surface area is 109 Å². The van der Waals surface area contributed by atoms with Crippen molar-refractivity contribution in [3.8, 4) is 0 Å². The molecule has 1 aromatic rings. The molecule has 1 heterocycles. The molecule has 0 amide bonds. The Bertz CT molecular complexity index is 399. The van der Waals surface area contributed by atoms with Gasteiger partial charge < -0.3 is 4.90 Å². The first kappa shape index (κ1) is 14.5. The molecule has 1 aromatic carbocycles. The van der Waals surface area contributed by atoms with E-state index in [1.54, 1.807) is 6.07 Å². The summed E-state index contributed by atoms with van der Waals surface area (Å²) < 4.78 is 0. The lowest BCUT2D eigenvalue weighted by molar-refractivity contribution is -0.384. The maximum absolute atomic E-state index is 11.0. The number of piperidine rings is 1. The summed E-state index contributed by atoms with van der Waals surface area (Å²) >= 11 is 0. The lowest BCUT2D eigenvalue weighted by atomic mass is 10.1. The van der Waals surface area contributed by atoms with Crippen molar-refractivity contribution in [2.24, 2.45) is 0 Å². The molecule has 0 unspecified atom stereocenters. The summed E-state index contributed by atoms with van der Waals surface area (Å²) in [4.78, 5) is 12.8. The normalized spacial score (nSPS) is 14.7. The minimum Gasteiger partial charge on any atom is -0.366 e. The number of hydrogen-bond donors (Lipinski definition) is 0. The molecule has 4 heteroatoms. The molecule has 0 atom stereocenters. The second-order valence-electron chi connectivity index (χ2n) is 4.30. The van der Waals surface area contributed by atoms with Crippen LogP contribution in [0.1, 0.15) is 38.7 Å². The molecule has 2 rings (SSSR count). The van der Waals surface area contributed by atoms with Crippen LogP contribution in [-0.4, -0.2) is 18.0 Å². The van der Waals surface area contributed by atoms with E-state index in [1.165, 1.54) is 6.42 Å². The summed E-state index contributed by atoms with van der Waals surface area (Å²) in [6.07, 6.45) is 3.49. The first-order valence-electron chi connectivity index (χ1n) is 6.68. The molecule has 100 valence electrons. The number of hydrogen-bond acceptors (Lipinski definition) is 3. The highest BCUT2D eigenvalue weighted by atomic mass is 16.6. The van der Waals surface area contributed by atoms with Gasteiger partial charge in [-0.05, 0) is 37.8 Å². The molecule has 0 N–H and O–H groups in total. The van der Waals surface area contributed by atoms with Gasteiger partial charge in [-0.25, -0.2) is 0 Å². The molecule has 0 aliphatic carbocycles. The summed E-state index contributed by atoms with van der Waals surface area (Å²) in [6.45, 7) is 7.75. The smallest absolute Gasteiger partial charge is 0.292 e. The van der Waals surface area contributed by atoms with Crippen molar-refractivity contribution in [2.45, 2.75) is 40.0 Å². The molecule has 1 saturated heterocycles. The number of nitro groups is 1. The minimum absolute atomic E-state index is 0.238. The molecule has 0 bridgehead atoms. The van der Waals surface area contributed by atoms with Crippen molar-refractivity contribution in [2.75, 3.05) is 18.0 Å². The van der Waals surface area contributed by atoms with Crippen molar-refractivity contribution in [1.82, 2.24) is 0 Å². The number of rotatable bonds is 2.